The van der Waals surface area contributed by atoms with E-state index in [1.54, 1.807) is 6.21 Å². The van der Waals surface area contributed by atoms with E-state index in [9.17, 15) is 4.79 Å². The molecule has 0 radical (unpaired) electrons. The van der Waals surface area contributed by atoms with Crippen LogP contribution in [0.25, 0.3) is 0 Å². The number of nitrogens with one attached hydrogen (secondary N) is 1. The fourth-order valence-electron chi connectivity index (χ4n) is 1.15. The molecule has 0 heterocycles. The summed E-state index contributed by atoms with van der Waals surface area (Å²) < 4.78 is 0. The van der Waals surface area contributed by atoms with Crippen molar-refractivity contribution in [3.8, 4) is 0 Å². The first kappa shape index (κ1) is 10.2. The average molecular weight is 191 g/mol. The molecule has 0 saturated carbocycles. The predicted molar refractivity (Wildman–Crippen MR) is 56.1 cm³/mol. The normalized spacial score (nSPS) is 10.4. The van der Waals surface area contributed by atoms with E-state index in [0.717, 1.165) is 12.0 Å². The Kier molecular flexibility index (Phi) is 3.67. The Morgan fingerprint density at radius 2 is 2.29 bits per heavy atom. The first-order valence-corrected chi connectivity index (χ1v) is 4.40. The fourth-order valence-corrected chi connectivity index (χ4v) is 1.15. The van der Waals surface area contributed by atoms with E-state index >= 15 is 0 Å². The number of rotatable bonds is 3. The lowest BCUT2D eigenvalue weighted by Gasteiger charge is -2.00. The topological polar surface area (TPSA) is 67.5 Å². The van der Waals surface area contributed by atoms with Crippen molar-refractivity contribution in [2.45, 2.75) is 13.3 Å². The number of carbonyl (C=O) groups excluding carboxylic acids is 1. The van der Waals surface area contributed by atoms with Gasteiger partial charge < -0.3 is 5.73 Å². The zero-order valence-corrected chi connectivity index (χ0v) is 8.03. The Morgan fingerprint density at radius 1 is 1.57 bits per heavy atom. The minimum atomic E-state index is -0.657. The van der Waals surface area contributed by atoms with Gasteiger partial charge in [0.15, 0.2) is 0 Å². The fraction of sp³-hybridized carbons (Fsp3) is 0.200. The van der Waals surface area contributed by atoms with Crippen molar-refractivity contribution < 1.29 is 4.79 Å². The van der Waals surface area contributed by atoms with Crippen LogP contribution in [0.1, 0.15) is 18.1 Å². The molecule has 0 aliphatic carbocycles. The molecule has 0 fully saturated rings. The van der Waals surface area contributed by atoms with Crippen molar-refractivity contribution in [1.82, 2.24) is 5.43 Å². The molecule has 0 spiro atoms. The molecule has 0 aromatic heterocycles. The van der Waals surface area contributed by atoms with Gasteiger partial charge in [-0.3, -0.25) is 0 Å². The van der Waals surface area contributed by atoms with Crippen LogP contribution in [-0.4, -0.2) is 12.2 Å². The van der Waals surface area contributed by atoms with E-state index in [4.69, 9.17) is 5.73 Å². The third kappa shape index (κ3) is 2.90. The zero-order valence-electron chi connectivity index (χ0n) is 8.03. The largest absolute Gasteiger partial charge is 0.350 e. The summed E-state index contributed by atoms with van der Waals surface area (Å²) in [6.07, 6.45) is 2.52. The van der Waals surface area contributed by atoms with Gasteiger partial charge in [0.25, 0.3) is 0 Å². The second-order valence-corrected chi connectivity index (χ2v) is 2.79. The van der Waals surface area contributed by atoms with Gasteiger partial charge >= 0.3 is 6.03 Å². The van der Waals surface area contributed by atoms with Gasteiger partial charge in [-0.05, 0) is 17.5 Å². The van der Waals surface area contributed by atoms with Gasteiger partial charge in [0.1, 0.15) is 0 Å². The number of nitrogens with two attached hydrogens (primary N) is 1. The summed E-state index contributed by atoms with van der Waals surface area (Å²) in [7, 11) is 0. The molecule has 4 nitrogen and oxygen atoms in total. The molecular weight excluding hydrogens is 178 g/mol. The molecule has 4 heteroatoms. The Labute approximate surface area is 82.8 Å². The summed E-state index contributed by atoms with van der Waals surface area (Å²) in [5.74, 6) is 0. The maximum atomic E-state index is 10.3. The third-order valence-corrected chi connectivity index (χ3v) is 1.81. The third-order valence-electron chi connectivity index (χ3n) is 1.81. The van der Waals surface area contributed by atoms with Crippen LogP contribution in [0.3, 0.4) is 0 Å². The van der Waals surface area contributed by atoms with E-state index < -0.39 is 6.03 Å². The van der Waals surface area contributed by atoms with Crippen molar-refractivity contribution in [1.29, 1.82) is 0 Å². The van der Waals surface area contributed by atoms with Gasteiger partial charge in [0, 0.05) is 0 Å². The Bertz CT molecular complexity index is 347. The molecule has 1 rings (SSSR count). The SMILES string of the molecule is CCc1ccccc1/C=N/NC(N)=O. The molecular formula is C10H13N3O. The summed E-state index contributed by atoms with van der Waals surface area (Å²) in [5, 5.41) is 3.70. The predicted octanol–water partition coefficient (Wildman–Crippen LogP) is 1.25. The summed E-state index contributed by atoms with van der Waals surface area (Å²) in [4.78, 5) is 10.3. The maximum Gasteiger partial charge on any atom is 0.332 e. The number of hydrazone groups is 1. The summed E-state index contributed by atoms with van der Waals surface area (Å²) in [5.41, 5.74) is 9.19. The quantitative estimate of drug-likeness (QED) is 0.548. The smallest absolute Gasteiger partial charge is 0.332 e. The highest BCUT2D eigenvalue weighted by molar-refractivity contribution is 5.83. The number of urea groups is 1. The van der Waals surface area contributed by atoms with Crippen molar-refractivity contribution in [2.24, 2.45) is 10.8 Å². The Morgan fingerprint density at radius 3 is 2.93 bits per heavy atom. The number of benzene rings is 1. The highest BCUT2D eigenvalue weighted by atomic mass is 16.2. The van der Waals surface area contributed by atoms with Crippen molar-refractivity contribution in [2.75, 3.05) is 0 Å². The molecule has 0 aliphatic rings. The number of hydrogen-bond donors (Lipinski definition) is 2. The van der Waals surface area contributed by atoms with Gasteiger partial charge in [-0.25, -0.2) is 10.2 Å². The monoisotopic (exact) mass is 191 g/mol. The van der Waals surface area contributed by atoms with Crippen LogP contribution in [0, 0.1) is 0 Å². The Balaban J connectivity index is 2.75. The summed E-state index contributed by atoms with van der Waals surface area (Å²) in [6.45, 7) is 2.06. The number of amides is 2. The molecule has 0 aliphatic heterocycles. The van der Waals surface area contributed by atoms with Crippen LogP contribution in [0.15, 0.2) is 29.4 Å². The number of hydrogen-bond acceptors (Lipinski definition) is 2. The zero-order chi connectivity index (χ0) is 10.4. The standard InChI is InChI=1S/C10H13N3O/c1-2-8-5-3-4-6-9(8)7-12-13-10(11)14/h3-7H,2H2,1H3,(H3,11,13,14)/b12-7+. The highest BCUT2D eigenvalue weighted by Crippen LogP contribution is 2.06. The first-order chi connectivity index (χ1) is 6.74. The lowest BCUT2D eigenvalue weighted by atomic mass is 10.1. The van der Waals surface area contributed by atoms with E-state index in [0.29, 0.717) is 0 Å². The molecule has 0 atom stereocenters. The molecule has 0 unspecified atom stereocenters. The lowest BCUT2D eigenvalue weighted by molar-refractivity contribution is 0.249. The van der Waals surface area contributed by atoms with Gasteiger partial charge in [0.05, 0.1) is 6.21 Å². The molecule has 0 bridgehead atoms. The van der Waals surface area contributed by atoms with Crippen LogP contribution in [0.2, 0.25) is 0 Å². The molecule has 74 valence electrons. The van der Waals surface area contributed by atoms with E-state index in [1.165, 1.54) is 5.56 Å². The van der Waals surface area contributed by atoms with Crippen LogP contribution in [0.5, 0.6) is 0 Å². The van der Waals surface area contributed by atoms with Crippen LogP contribution in [0.4, 0.5) is 4.79 Å². The summed E-state index contributed by atoms with van der Waals surface area (Å²) in [6, 6.07) is 7.19. The van der Waals surface area contributed by atoms with Crippen LogP contribution < -0.4 is 11.2 Å². The maximum absolute atomic E-state index is 10.3. The number of nitrogens with zero attached hydrogens (tertiary/aromatic N) is 1. The van der Waals surface area contributed by atoms with Crippen molar-refractivity contribution in [3.63, 3.8) is 0 Å². The highest BCUT2D eigenvalue weighted by Gasteiger charge is 1.95. The second-order valence-electron chi connectivity index (χ2n) is 2.79. The van der Waals surface area contributed by atoms with Gasteiger partial charge in [0.2, 0.25) is 0 Å². The minimum Gasteiger partial charge on any atom is -0.350 e. The van der Waals surface area contributed by atoms with Gasteiger partial charge in [-0.15, -0.1) is 0 Å². The number of primary amides is 1. The lowest BCUT2D eigenvalue weighted by Crippen LogP contribution is -2.24. The molecule has 14 heavy (non-hydrogen) atoms. The molecule has 3 N–H and O–H groups in total. The van der Waals surface area contributed by atoms with Crippen LogP contribution >= 0.6 is 0 Å². The van der Waals surface area contributed by atoms with Crippen molar-refractivity contribution in [3.05, 3.63) is 35.4 Å². The number of aryl methyl sites for hydroxylation is 1. The van der Waals surface area contributed by atoms with E-state index in [1.807, 2.05) is 24.3 Å². The first-order valence-electron chi connectivity index (χ1n) is 4.40. The molecule has 0 saturated heterocycles. The minimum absolute atomic E-state index is 0.657. The summed E-state index contributed by atoms with van der Waals surface area (Å²) >= 11 is 0. The molecule has 2 amide bonds. The van der Waals surface area contributed by atoms with Crippen molar-refractivity contribution >= 4 is 12.2 Å². The molecule has 1 aromatic carbocycles. The second kappa shape index (κ2) is 5.01. The number of carbonyl (C=O) groups is 1. The molecule has 1 aromatic rings. The van der Waals surface area contributed by atoms with E-state index in [-0.39, 0.29) is 0 Å². The average Bonchev–Trinajstić information content (AvgIpc) is 2.18. The Hall–Kier alpha value is -1.84. The van der Waals surface area contributed by atoms with Gasteiger partial charge in [-0.2, -0.15) is 5.10 Å². The van der Waals surface area contributed by atoms with Crippen LogP contribution in [-0.2, 0) is 6.42 Å². The van der Waals surface area contributed by atoms with E-state index in [2.05, 4.69) is 17.5 Å². The van der Waals surface area contributed by atoms with Gasteiger partial charge in [-0.1, -0.05) is 31.2 Å².